The molecule has 0 saturated carbocycles. The topological polar surface area (TPSA) is 64.6 Å². The zero-order valence-electron chi connectivity index (χ0n) is 14.1. The molecule has 2 rings (SSSR count). The Kier molecular flexibility index (Phi) is 5.77. The molecule has 0 bridgehead atoms. The van der Waals surface area contributed by atoms with Gasteiger partial charge < -0.3 is 14.8 Å². The summed E-state index contributed by atoms with van der Waals surface area (Å²) >= 11 is 0. The zero-order chi connectivity index (χ0) is 16.9. The van der Waals surface area contributed by atoms with E-state index in [1.807, 2.05) is 12.1 Å². The lowest BCUT2D eigenvalue weighted by atomic mass is 9.87. The van der Waals surface area contributed by atoms with Gasteiger partial charge in [0, 0.05) is 13.2 Å². The average Bonchev–Trinajstić information content (AvgIpc) is 3.03. The highest BCUT2D eigenvalue weighted by atomic mass is 16.5. The van der Waals surface area contributed by atoms with Gasteiger partial charge in [0.25, 0.3) is 5.91 Å². The first-order valence-electron chi connectivity index (χ1n) is 8.02. The number of benzene rings is 1. The van der Waals surface area contributed by atoms with E-state index in [-0.39, 0.29) is 24.0 Å². The third-order valence-electron chi connectivity index (χ3n) is 3.87. The Hall–Kier alpha value is -1.88. The molecule has 5 nitrogen and oxygen atoms in total. The first-order valence-corrected chi connectivity index (χ1v) is 8.02. The maximum atomic E-state index is 11.9. The fourth-order valence-corrected chi connectivity index (χ4v) is 2.40. The summed E-state index contributed by atoms with van der Waals surface area (Å²) in [5.41, 5.74) is 1.62. The summed E-state index contributed by atoms with van der Waals surface area (Å²) in [6.45, 7) is 7.28. The molecule has 1 amide bonds. The first kappa shape index (κ1) is 17.5. The Morgan fingerprint density at radius 2 is 1.96 bits per heavy atom. The third-order valence-corrected chi connectivity index (χ3v) is 3.87. The van der Waals surface area contributed by atoms with E-state index in [9.17, 15) is 9.59 Å². The zero-order valence-corrected chi connectivity index (χ0v) is 14.1. The van der Waals surface area contributed by atoms with E-state index in [0.29, 0.717) is 12.1 Å². The predicted octanol–water partition coefficient (Wildman–Crippen LogP) is 2.44. The summed E-state index contributed by atoms with van der Waals surface area (Å²) in [6, 6.07) is 7.28. The molecule has 1 aromatic carbocycles. The normalized spacial score (nSPS) is 17.8. The monoisotopic (exact) mass is 319 g/mol. The first-order chi connectivity index (χ1) is 10.9. The van der Waals surface area contributed by atoms with Gasteiger partial charge in [0.2, 0.25) is 0 Å². The highest BCUT2D eigenvalue weighted by Gasteiger charge is 2.17. The van der Waals surface area contributed by atoms with E-state index in [0.717, 1.165) is 25.0 Å². The number of carbonyl (C=O) groups excluding carboxylic acids is 2. The van der Waals surface area contributed by atoms with Crippen molar-refractivity contribution in [3.05, 3.63) is 35.4 Å². The van der Waals surface area contributed by atoms with Crippen LogP contribution in [-0.2, 0) is 19.7 Å². The van der Waals surface area contributed by atoms with Crippen molar-refractivity contribution in [2.24, 2.45) is 0 Å². The maximum absolute atomic E-state index is 11.9. The Morgan fingerprint density at radius 1 is 1.26 bits per heavy atom. The van der Waals surface area contributed by atoms with Crippen molar-refractivity contribution in [3.63, 3.8) is 0 Å². The predicted molar refractivity (Wildman–Crippen MR) is 87.4 cm³/mol. The summed E-state index contributed by atoms with van der Waals surface area (Å²) in [4.78, 5) is 23.6. The van der Waals surface area contributed by atoms with Gasteiger partial charge in [0.15, 0.2) is 6.61 Å². The second kappa shape index (κ2) is 7.59. The number of nitrogens with one attached hydrogen (secondary N) is 1. The number of esters is 1. The fraction of sp³-hybridized carbons (Fsp3) is 0.556. The van der Waals surface area contributed by atoms with Crippen LogP contribution >= 0.6 is 0 Å². The number of hydrogen-bond acceptors (Lipinski definition) is 4. The minimum atomic E-state index is -0.488. The quantitative estimate of drug-likeness (QED) is 0.847. The minimum Gasteiger partial charge on any atom is -0.452 e. The lowest BCUT2D eigenvalue weighted by Crippen LogP contribution is -2.34. The third kappa shape index (κ3) is 5.36. The number of hydrogen-bond donors (Lipinski definition) is 1. The molecule has 23 heavy (non-hydrogen) atoms. The Balaban J connectivity index is 1.76. The van der Waals surface area contributed by atoms with E-state index in [2.05, 4.69) is 26.1 Å². The minimum absolute atomic E-state index is 0.0324. The Bertz CT molecular complexity index is 539. The molecule has 1 aliphatic heterocycles. The molecule has 126 valence electrons. The molecule has 1 aromatic rings. The van der Waals surface area contributed by atoms with Crippen molar-refractivity contribution in [2.75, 3.05) is 19.8 Å². The molecule has 0 unspecified atom stereocenters. The van der Waals surface area contributed by atoms with Crippen LogP contribution in [0.5, 0.6) is 0 Å². The number of rotatable bonds is 5. The highest BCUT2D eigenvalue weighted by Crippen LogP contribution is 2.22. The van der Waals surface area contributed by atoms with Crippen LogP contribution < -0.4 is 5.32 Å². The Labute approximate surface area is 137 Å². The molecule has 1 N–H and O–H groups in total. The summed E-state index contributed by atoms with van der Waals surface area (Å²) in [5.74, 6) is -0.794. The highest BCUT2D eigenvalue weighted by molar-refractivity contribution is 5.91. The van der Waals surface area contributed by atoms with Crippen LogP contribution in [0.4, 0.5) is 0 Å². The van der Waals surface area contributed by atoms with Crippen LogP contribution in [-0.4, -0.2) is 37.7 Å². The molecule has 0 radical (unpaired) electrons. The smallest absolute Gasteiger partial charge is 0.338 e. The average molecular weight is 319 g/mol. The molecule has 0 aliphatic carbocycles. The van der Waals surface area contributed by atoms with Gasteiger partial charge in [0.1, 0.15) is 0 Å². The largest absolute Gasteiger partial charge is 0.452 e. The van der Waals surface area contributed by atoms with Crippen molar-refractivity contribution < 1.29 is 19.1 Å². The van der Waals surface area contributed by atoms with E-state index in [1.54, 1.807) is 12.1 Å². The second-order valence-corrected chi connectivity index (χ2v) is 6.84. The fourth-order valence-electron chi connectivity index (χ4n) is 2.40. The van der Waals surface area contributed by atoms with Crippen LogP contribution in [0.3, 0.4) is 0 Å². The van der Waals surface area contributed by atoms with E-state index >= 15 is 0 Å². The van der Waals surface area contributed by atoms with Crippen molar-refractivity contribution in [1.82, 2.24) is 5.32 Å². The summed E-state index contributed by atoms with van der Waals surface area (Å²) in [7, 11) is 0. The van der Waals surface area contributed by atoms with Gasteiger partial charge >= 0.3 is 5.97 Å². The summed E-state index contributed by atoms with van der Waals surface area (Å²) < 4.78 is 10.5. The van der Waals surface area contributed by atoms with Crippen molar-refractivity contribution in [3.8, 4) is 0 Å². The van der Waals surface area contributed by atoms with Crippen molar-refractivity contribution in [2.45, 2.75) is 45.1 Å². The van der Waals surface area contributed by atoms with Gasteiger partial charge in [-0.1, -0.05) is 32.9 Å². The number of ether oxygens (including phenoxy) is 2. The number of amides is 1. The van der Waals surface area contributed by atoms with Gasteiger partial charge in [-0.25, -0.2) is 4.79 Å². The molecular weight excluding hydrogens is 294 g/mol. The van der Waals surface area contributed by atoms with Crippen molar-refractivity contribution >= 4 is 11.9 Å². The lowest BCUT2D eigenvalue weighted by molar-refractivity contribution is -0.124. The van der Waals surface area contributed by atoms with E-state index < -0.39 is 5.97 Å². The van der Waals surface area contributed by atoms with Crippen LogP contribution in [0, 0.1) is 0 Å². The van der Waals surface area contributed by atoms with Gasteiger partial charge in [-0.05, 0) is 36.0 Å². The summed E-state index contributed by atoms with van der Waals surface area (Å²) in [5, 5.41) is 2.72. The summed E-state index contributed by atoms with van der Waals surface area (Å²) in [6.07, 6.45) is 2.07. The van der Waals surface area contributed by atoms with Crippen molar-refractivity contribution in [1.29, 1.82) is 0 Å². The van der Waals surface area contributed by atoms with Crippen LogP contribution in [0.15, 0.2) is 24.3 Å². The van der Waals surface area contributed by atoms with Crippen LogP contribution in [0.25, 0.3) is 0 Å². The molecule has 0 spiro atoms. The molecule has 1 heterocycles. The molecule has 5 heteroatoms. The molecule has 1 fully saturated rings. The Morgan fingerprint density at radius 3 is 2.52 bits per heavy atom. The van der Waals surface area contributed by atoms with Gasteiger partial charge in [-0.2, -0.15) is 0 Å². The van der Waals surface area contributed by atoms with Gasteiger partial charge in [-0.3, -0.25) is 4.79 Å². The lowest BCUT2D eigenvalue weighted by Gasteiger charge is -2.18. The van der Waals surface area contributed by atoms with Gasteiger partial charge in [-0.15, -0.1) is 0 Å². The molecular formula is C18H25NO4. The standard InChI is InChI=1S/C18H25NO4/c1-18(2,3)14-8-6-13(7-9-14)17(21)23-12-16(20)19-11-15-5-4-10-22-15/h6-9,15H,4-5,10-12H2,1-3H3,(H,19,20)/t15-/m1/s1. The van der Waals surface area contributed by atoms with E-state index in [4.69, 9.17) is 9.47 Å². The van der Waals surface area contributed by atoms with Crippen LogP contribution in [0.1, 0.15) is 49.5 Å². The maximum Gasteiger partial charge on any atom is 0.338 e. The number of carbonyl (C=O) groups is 2. The SMILES string of the molecule is CC(C)(C)c1ccc(C(=O)OCC(=O)NC[C@H]2CCCO2)cc1. The second-order valence-electron chi connectivity index (χ2n) is 6.84. The molecule has 1 saturated heterocycles. The molecule has 0 aromatic heterocycles. The van der Waals surface area contributed by atoms with E-state index in [1.165, 1.54) is 0 Å². The van der Waals surface area contributed by atoms with Crippen LogP contribution in [0.2, 0.25) is 0 Å². The molecule has 1 aliphatic rings. The molecule has 1 atom stereocenters. The van der Waals surface area contributed by atoms with Gasteiger partial charge in [0.05, 0.1) is 11.7 Å².